The average Bonchev–Trinajstić information content (AvgIpc) is 2.89. The van der Waals surface area contributed by atoms with Crippen LogP contribution in [0.1, 0.15) is 35.1 Å². The van der Waals surface area contributed by atoms with Gasteiger partial charge in [0, 0.05) is 29.2 Å². The Morgan fingerprint density at radius 1 is 0.957 bits per heavy atom. The van der Waals surface area contributed by atoms with Crippen LogP contribution in [0.4, 0.5) is 0 Å². The number of benzene rings is 1. The van der Waals surface area contributed by atoms with Crippen molar-refractivity contribution in [3.05, 3.63) is 53.3 Å². The highest BCUT2D eigenvalue weighted by molar-refractivity contribution is 5.96. The van der Waals surface area contributed by atoms with Crippen LogP contribution in [0, 0.1) is 13.8 Å². The molecule has 23 heavy (non-hydrogen) atoms. The van der Waals surface area contributed by atoms with Gasteiger partial charge in [-0.05, 0) is 56.7 Å². The average molecular weight is 313 g/mol. The van der Waals surface area contributed by atoms with Crippen LogP contribution in [0.3, 0.4) is 0 Å². The Kier molecular flexibility index (Phi) is 5.57. The molecule has 2 aromatic rings. The minimum atomic E-state index is -0.246. The van der Waals surface area contributed by atoms with E-state index >= 15 is 0 Å². The van der Waals surface area contributed by atoms with E-state index in [-0.39, 0.29) is 18.4 Å². The molecule has 5 heteroatoms. The van der Waals surface area contributed by atoms with E-state index in [4.69, 9.17) is 0 Å². The molecule has 0 fully saturated rings. The number of hydrogen-bond acceptors (Lipinski definition) is 2. The third kappa shape index (κ3) is 4.22. The smallest absolute Gasteiger partial charge is 0.251 e. The fraction of sp³-hybridized carbons (Fsp3) is 0.333. The minimum absolute atomic E-state index is 0.00357. The molecule has 0 aliphatic rings. The summed E-state index contributed by atoms with van der Waals surface area (Å²) in [6.07, 6.45) is 0.874. The van der Waals surface area contributed by atoms with Crippen LogP contribution in [0.15, 0.2) is 36.4 Å². The Morgan fingerprint density at radius 3 is 2.13 bits per heavy atom. The molecule has 1 aromatic carbocycles. The van der Waals surface area contributed by atoms with Gasteiger partial charge in [-0.15, -0.1) is 0 Å². The lowest BCUT2D eigenvalue weighted by molar-refractivity contribution is -0.120. The van der Waals surface area contributed by atoms with Crippen LogP contribution >= 0.6 is 0 Å². The van der Waals surface area contributed by atoms with Crippen molar-refractivity contribution in [2.24, 2.45) is 0 Å². The Bertz CT molecular complexity index is 667. The van der Waals surface area contributed by atoms with Crippen molar-refractivity contribution in [2.75, 3.05) is 13.1 Å². The maximum atomic E-state index is 12.1. The number of rotatable bonds is 6. The Morgan fingerprint density at radius 2 is 1.57 bits per heavy atom. The summed E-state index contributed by atoms with van der Waals surface area (Å²) in [5, 5.41) is 5.35. The van der Waals surface area contributed by atoms with Crippen LogP contribution < -0.4 is 10.6 Å². The van der Waals surface area contributed by atoms with Crippen LogP contribution in [-0.2, 0) is 4.79 Å². The van der Waals surface area contributed by atoms with E-state index in [1.807, 2.05) is 32.9 Å². The summed E-state index contributed by atoms with van der Waals surface area (Å²) in [5.41, 5.74) is 3.85. The molecular weight excluding hydrogens is 290 g/mol. The molecular formula is C18H23N3O2. The van der Waals surface area contributed by atoms with E-state index in [0.717, 1.165) is 23.5 Å². The fourth-order valence-electron chi connectivity index (χ4n) is 2.43. The van der Waals surface area contributed by atoms with Gasteiger partial charge in [-0.2, -0.15) is 0 Å². The molecule has 2 N–H and O–H groups in total. The van der Waals surface area contributed by atoms with Gasteiger partial charge in [0.1, 0.15) is 0 Å². The van der Waals surface area contributed by atoms with Crippen molar-refractivity contribution in [3.8, 4) is 5.69 Å². The first-order valence-electron chi connectivity index (χ1n) is 7.83. The Labute approximate surface area is 136 Å². The quantitative estimate of drug-likeness (QED) is 0.860. The third-order valence-corrected chi connectivity index (χ3v) is 3.64. The molecule has 0 atom stereocenters. The van der Waals surface area contributed by atoms with Crippen LogP contribution in [0.5, 0.6) is 0 Å². The van der Waals surface area contributed by atoms with Gasteiger partial charge in [0.2, 0.25) is 5.91 Å². The van der Waals surface area contributed by atoms with Gasteiger partial charge in [-0.25, -0.2) is 0 Å². The zero-order valence-electron chi connectivity index (χ0n) is 13.8. The van der Waals surface area contributed by atoms with E-state index in [0.29, 0.717) is 12.1 Å². The highest BCUT2D eigenvalue weighted by Gasteiger charge is 2.09. The lowest BCUT2D eigenvalue weighted by Gasteiger charge is -2.10. The second-order valence-electron chi connectivity index (χ2n) is 5.53. The van der Waals surface area contributed by atoms with Gasteiger partial charge >= 0.3 is 0 Å². The summed E-state index contributed by atoms with van der Waals surface area (Å²) < 4.78 is 2.12. The van der Waals surface area contributed by atoms with Gasteiger partial charge in [-0.1, -0.05) is 6.92 Å². The highest BCUT2D eigenvalue weighted by atomic mass is 16.2. The van der Waals surface area contributed by atoms with Crippen molar-refractivity contribution in [3.63, 3.8) is 0 Å². The van der Waals surface area contributed by atoms with Crippen molar-refractivity contribution in [1.29, 1.82) is 0 Å². The molecule has 1 heterocycles. The summed E-state index contributed by atoms with van der Waals surface area (Å²) in [6, 6.07) is 11.5. The maximum absolute atomic E-state index is 12.1. The SMILES string of the molecule is CCCNC(=O)CNC(=O)c1ccc(-n2c(C)ccc2C)cc1. The second kappa shape index (κ2) is 7.63. The maximum Gasteiger partial charge on any atom is 0.251 e. The lowest BCUT2D eigenvalue weighted by Crippen LogP contribution is -2.37. The van der Waals surface area contributed by atoms with Crippen molar-refractivity contribution >= 4 is 11.8 Å². The van der Waals surface area contributed by atoms with Crippen molar-refractivity contribution < 1.29 is 9.59 Å². The fourth-order valence-corrected chi connectivity index (χ4v) is 2.43. The Hall–Kier alpha value is -2.56. The first-order valence-corrected chi connectivity index (χ1v) is 7.83. The van der Waals surface area contributed by atoms with Crippen molar-refractivity contribution in [2.45, 2.75) is 27.2 Å². The molecule has 0 unspecified atom stereocenters. The van der Waals surface area contributed by atoms with E-state index in [1.54, 1.807) is 12.1 Å². The molecule has 0 bridgehead atoms. The number of carbonyl (C=O) groups excluding carboxylic acids is 2. The summed E-state index contributed by atoms with van der Waals surface area (Å²) in [6.45, 7) is 6.69. The molecule has 2 rings (SSSR count). The van der Waals surface area contributed by atoms with Crippen molar-refractivity contribution in [1.82, 2.24) is 15.2 Å². The predicted molar refractivity (Wildman–Crippen MR) is 90.9 cm³/mol. The molecule has 0 aliphatic carbocycles. The molecule has 0 saturated heterocycles. The molecule has 2 amide bonds. The molecule has 122 valence electrons. The zero-order valence-corrected chi connectivity index (χ0v) is 13.8. The zero-order chi connectivity index (χ0) is 16.8. The van der Waals surface area contributed by atoms with Gasteiger partial charge < -0.3 is 15.2 Å². The number of nitrogens with one attached hydrogen (secondary N) is 2. The number of aryl methyl sites for hydroxylation is 2. The van der Waals surface area contributed by atoms with E-state index in [9.17, 15) is 9.59 Å². The summed E-state index contributed by atoms with van der Waals surface area (Å²) in [5.74, 6) is -0.417. The van der Waals surface area contributed by atoms with E-state index in [2.05, 4.69) is 27.3 Å². The molecule has 5 nitrogen and oxygen atoms in total. The standard InChI is InChI=1S/C18H23N3O2/c1-4-11-19-17(22)12-20-18(23)15-7-9-16(10-8-15)21-13(2)5-6-14(21)3/h5-10H,4,11-12H2,1-3H3,(H,19,22)(H,20,23). The number of nitrogens with zero attached hydrogens (tertiary/aromatic N) is 1. The number of amides is 2. The first kappa shape index (κ1) is 16.8. The van der Waals surface area contributed by atoms with Gasteiger partial charge in [0.05, 0.1) is 6.54 Å². The summed E-state index contributed by atoms with van der Waals surface area (Å²) in [7, 11) is 0. The van der Waals surface area contributed by atoms with Crippen LogP contribution in [0.25, 0.3) is 5.69 Å². The largest absolute Gasteiger partial charge is 0.355 e. The molecule has 0 saturated carbocycles. The highest BCUT2D eigenvalue weighted by Crippen LogP contribution is 2.16. The number of aromatic nitrogens is 1. The predicted octanol–water partition coefficient (Wildman–Crippen LogP) is 2.35. The topological polar surface area (TPSA) is 63.1 Å². The Balaban J connectivity index is 1.99. The van der Waals surface area contributed by atoms with Gasteiger partial charge in [0.15, 0.2) is 0 Å². The molecule has 1 aromatic heterocycles. The monoisotopic (exact) mass is 313 g/mol. The molecule has 0 radical (unpaired) electrons. The number of carbonyl (C=O) groups is 2. The lowest BCUT2D eigenvalue weighted by atomic mass is 10.2. The normalized spacial score (nSPS) is 10.4. The summed E-state index contributed by atoms with van der Waals surface area (Å²) >= 11 is 0. The minimum Gasteiger partial charge on any atom is -0.355 e. The van der Waals surface area contributed by atoms with Gasteiger partial charge in [0.25, 0.3) is 5.91 Å². The van der Waals surface area contributed by atoms with Crippen LogP contribution in [-0.4, -0.2) is 29.5 Å². The third-order valence-electron chi connectivity index (χ3n) is 3.64. The first-order chi connectivity index (χ1) is 11.0. The van der Waals surface area contributed by atoms with Gasteiger partial charge in [-0.3, -0.25) is 9.59 Å². The second-order valence-corrected chi connectivity index (χ2v) is 5.53. The van der Waals surface area contributed by atoms with E-state index < -0.39 is 0 Å². The van der Waals surface area contributed by atoms with E-state index in [1.165, 1.54) is 0 Å². The molecule has 0 spiro atoms. The van der Waals surface area contributed by atoms with Crippen LogP contribution in [0.2, 0.25) is 0 Å². The number of hydrogen-bond donors (Lipinski definition) is 2. The summed E-state index contributed by atoms with van der Waals surface area (Å²) in [4.78, 5) is 23.5. The molecule has 0 aliphatic heterocycles.